The van der Waals surface area contributed by atoms with E-state index in [9.17, 15) is 9.59 Å². The molecule has 0 fully saturated rings. The minimum absolute atomic E-state index is 0. The van der Waals surface area contributed by atoms with Crippen LogP contribution < -0.4 is 11.1 Å². The van der Waals surface area contributed by atoms with Crippen LogP contribution in [0.5, 0.6) is 0 Å². The molecule has 2 unspecified atom stereocenters. The first kappa shape index (κ1) is 18.6. The van der Waals surface area contributed by atoms with Crippen molar-refractivity contribution in [1.29, 1.82) is 0 Å². The molecule has 0 spiro atoms. The molecule has 0 rings (SSSR count). The summed E-state index contributed by atoms with van der Waals surface area (Å²) in [6.45, 7) is 6.06. The fourth-order valence-electron chi connectivity index (χ4n) is 1.19. The molecule has 0 aromatic carbocycles. The number of carbonyl (C=O) groups excluding carboxylic acids is 2. The lowest BCUT2D eigenvalue weighted by Gasteiger charge is -2.14. The monoisotopic (exact) mass is 266 g/mol. The van der Waals surface area contributed by atoms with Crippen molar-refractivity contribution in [3.63, 3.8) is 0 Å². The average molecular weight is 267 g/mol. The second-order valence-electron chi connectivity index (χ2n) is 3.79. The van der Waals surface area contributed by atoms with Crippen LogP contribution >= 0.6 is 12.4 Å². The Morgan fingerprint density at radius 2 is 1.94 bits per heavy atom. The summed E-state index contributed by atoms with van der Waals surface area (Å²) in [6.07, 6.45) is 1.52. The SMILES string of the molecule is CCCC(N)C(=O)NCC(C)C(=O)OCC.Cl. The minimum atomic E-state index is -0.487. The molecule has 0 radical (unpaired) electrons. The maximum absolute atomic E-state index is 11.4. The molecule has 2 atom stereocenters. The fourth-order valence-corrected chi connectivity index (χ4v) is 1.19. The van der Waals surface area contributed by atoms with E-state index in [0.717, 1.165) is 6.42 Å². The molecular formula is C11H23ClN2O3. The van der Waals surface area contributed by atoms with Gasteiger partial charge < -0.3 is 15.8 Å². The van der Waals surface area contributed by atoms with Gasteiger partial charge in [0.25, 0.3) is 0 Å². The molecule has 0 aromatic heterocycles. The molecule has 0 aliphatic carbocycles. The Bertz CT molecular complexity index is 237. The van der Waals surface area contributed by atoms with Gasteiger partial charge in [-0.15, -0.1) is 12.4 Å². The van der Waals surface area contributed by atoms with Gasteiger partial charge in [-0.05, 0) is 13.3 Å². The zero-order valence-electron chi connectivity index (χ0n) is 10.7. The van der Waals surface area contributed by atoms with Crippen molar-refractivity contribution in [3.05, 3.63) is 0 Å². The van der Waals surface area contributed by atoms with E-state index >= 15 is 0 Å². The molecule has 0 aliphatic rings. The predicted molar refractivity (Wildman–Crippen MR) is 68.9 cm³/mol. The number of nitrogens with one attached hydrogen (secondary N) is 1. The van der Waals surface area contributed by atoms with Gasteiger partial charge in [-0.1, -0.05) is 20.3 Å². The van der Waals surface area contributed by atoms with Crippen molar-refractivity contribution >= 4 is 24.3 Å². The van der Waals surface area contributed by atoms with Gasteiger partial charge in [0.2, 0.25) is 5.91 Å². The van der Waals surface area contributed by atoms with Gasteiger partial charge in [0.1, 0.15) is 0 Å². The van der Waals surface area contributed by atoms with Gasteiger partial charge in [-0.2, -0.15) is 0 Å². The van der Waals surface area contributed by atoms with Crippen molar-refractivity contribution in [2.24, 2.45) is 11.7 Å². The summed E-state index contributed by atoms with van der Waals surface area (Å²) >= 11 is 0. The molecule has 1 amide bonds. The lowest BCUT2D eigenvalue weighted by atomic mass is 10.1. The molecule has 17 heavy (non-hydrogen) atoms. The molecule has 0 saturated carbocycles. The summed E-state index contributed by atoms with van der Waals surface area (Å²) in [7, 11) is 0. The van der Waals surface area contributed by atoms with E-state index in [1.54, 1.807) is 13.8 Å². The highest BCUT2D eigenvalue weighted by molar-refractivity contribution is 5.85. The minimum Gasteiger partial charge on any atom is -0.466 e. The van der Waals surface area contributed by atoms with Crippen molar-refractivity contribution in [3.8, 4) is 0 Å². The number of nitrogens with two attached hydrogens (primary N) is 1. The van der Waals surface area contributed by atoms with Crippen LogP contribution in [0.25, 0.3) is 0 Å². The summed E-state index contributed by atoms with van der Waals surface area (Å²) in [5.74, 6) is -0.845. The summed E-state index contributed by atoms with van der Waals surface area (Å²) in [4.78, 5) is 22.7. The number of ether oxygens (including phenoxy) is 1. The van der Waals surface area contributed by atoms with Crippen molar-refractivity contribution in [1.82, 2.24) is 5.32 Å². The van der Waals surface area contributed by atoms with Crippen LogP contribution in [-0.4, -0.2) is 31.1 Å². The highest BCUT2D eigenvalue weighted by atomic mass is 35.5. The Hall–Kier alpha value is -0.810. The average Bonchev–Trinajstić information content (AvgIpc) is 2.25. The molecule has 0 bridgehead atoms. The number of carbonyl (C=O) groups is 2. The van der Waals surface area contributed by atoms with E-state index in [2.05, 4.69) is 5.32 Å². The highest BCUT2D eigenvalue weighted by Crippen LogP contribution is 1.98. The van der Waals surface area contributed by atoms with Crippen LogP contribution in [0.2, 0.25) is 0 Å². The second-order valence-corrected chi connectivity index (χ2v) is 3.79. The van der Waals surface area contributed by atoms with E-state index < -0.39 is 6.04 Å². The fraction of sp³-hybridized carbons (Fsp3) is 0.818. The summed E-state index contributed by atoms with van der Waals surface area (Å²) in [5.41, 5.74) is 5.62. The molecule has 0 aromatic rings. The molecular weight excluding hydrogens is 244 g/mol. The third kappa shape index (κ3) is 7.99. The summed E-state index contributed by atoms with van der Waals surface area (Å²) < 4.78 is 4.82. The number of rotatable bonds is 7. The first-order chi connectivity index (χ1) is 7.52. The number of amides is 1. The van der Waals surface area contributed by atoms with E-state index in [1.807, 2.05) is 6.92 Å². The van der Waals surface area contributed by atoms with Gasteiger partial charge in [-0.25, -0.2) is 0 Å². The highest BCUT2D eigenvalue weighted by Gasteiger charge is 2.17. The molecule has 6 heteroatoms. The lowest BCUT2D eigenvalue weighted by Crippen LogP contribution is -2.43. The molecule has 0 heterocycles. The van der Waals surface area contributed by atoms with Gasteiger partial charge >= 0.3 is 5.97 Å². The zero-order chi connectivity index (χ0) is 12.6. The van der Waals surface area contributed by atoms with E-state index in [4.69, 9.17) is 10.5 Å². The normalized spacial score (nSPS) is 13.2. The number of halogens is 1. The Morgan fingerprint density at radius 3 is 2.41 bits per heavy atom. The Balaban J connectivity index is 0. The molecule has 0 aliphatic heterocycles. The first-order valence-electron chi connectivity index (χ1n) is 5.72. The summed E-state index contributed by atoms with van der Waals surface area (Å²) in [6, 6.07) is -0.487. The van der Waals surface area contributed by atoms with Crippen LogP contribution in [0, 0.1) is 5.92 Å². The van der Waals surface area contributed by atoms with Crippen LogP contribution in [0.4, 0.5) is 0 Å². The number of hydrogen-bond acceptors (Lipinski definition) is 4. The third-order valence-corrected chi connectivity index (χ3v) is 2.21. The quantitative estimate of drug-likeness (QED) is 0.670. The number of hydrogen-bond donors (Lipinski definition) is 2. The van der Waals surface area contributed by atoms with Crippen molar-refractivity contribution < 1.29 is 14.3 Å². The maximum Gasteiger partial charge on any atom is 0.310 e. The van der Waals surface area contributed by atoms with Gasteiger partial charge in [0, 0.05) is 6.54 Å². The van der Waals surface area contributed by atoms with Gasteiger partial charge in [0.05, 0.1) is 18.6 Å². The van der Waals surface area contributed by atoms with Crippen LogP contribution in [-0.2, 0) is 14.3 Å². The van der Waals surface area contributed by atoms with Gasteiger partial charge in [-0.3, -0.25) is 9.59 Å². The largest absolute Gasteiger partial charge is 0.466 e. The smallest absolute Gasteiger partial charge is 0.310 e. The maximum atomic E-state index is 11.4. The van der Waals surface area contributed by atoms with Crippen LogP contribution in [0.3, 0.4) is 0 Å². The molecule has 5 nitrogen and oxygen atoms in total. The van der Waals surface area contributed by atoms with E-state index in [1.165, 1.54) is 0 Å². The van der Waals surface area contributed by atoms with Crippen molar-refractivity contribution in [2.45, 2.75) is 39.7 Å². The van der Waals surface area contributed by atoms with E-state index in [0.29, 0.717) is 13.0 Å². The second kappa shape index (κ2) is 10.4. The van der Waals surface area contributed by atoms with Crippen LogP contribution in [0.1, 0.15) is 33.6 Å². The Kier molecular flexibility index (Phi) is 11.3. The number of esters is 1. The Morgan fingerprint density at radius 1 is 1.35 bits per heavy atom. The van der Waals surface area contributed by atoms with Crippen LogP contribution in [0.15, 0.2) is 0 Å². The van der Waals surface area contributed by atoms with E-state index in [-0.39, 0.29) is 36.7 Å². The first-order valence-corrected chi connectivity index (χ1v) is 5.72. The summed E-state index contributed by atoms with van der Waals surface area (Å²) in [5, 5.41) is 2.64. The lowest BCUT2D eigenvalue weighted by molar-refractivity contribution is -0.147. The third-order valence-electron chi connectivity index (χ3n) is 2.21. The van der Waals surface area contributed by atoms with Crippen molar-refractivity contribution in [2.75, 3.05) is 13.2 Å². The molecule has 0 saturated heterocycles. The van der Waals surface area contributed by atoms with Gasteiger partial charge in [0.15, 0.2) is 0 Å². The molecule has 102 valence electrons. The predicted octanol–water partition coefficient (Wildman–Crippen LogP) is 0.851. The topological polar surface area (TPSA) is 81.4 Å². The molecule has 3 N–H and O–H groups in total. The zero-order valence-corrected chi connectivity index (χ0v) is 11.5. The Labute approximate surface area is 109 Å². The standard InChI is InChI=1S/C11H22N2O3.ClH/c1-4-6-9(12)10(14)13-7-8(3)11(15)16-5-2;/h8-9H,4-7,12H2,1-3H3,(H,13,14);1H.